The minimum absolute atomic E-state index is 0.327. The van der Waals surface area contributed by atoms with Gasteiger partial charge >= 0.3 is 0 Å². The molecule has 0 aliphatic rings. The average Bonchev–Trinajstić information content (AvgIpc) is 2.16. The van der Waals surface area contributed by atoms with Crippen LogP contribution in [0.4, 0.5) is 0 Å². The van der Waals surface area contributed by atoms with Crippen LogP contribution in [-0.4, -0.2) is 17.3 Å². The van der Waals surface area contributed by atoms with E-state index < -0.39 is 5.60 Å². The zero-order valence-electron chi connectivity index (χ0n) is 9.79. The minimum Gasteiger partial charge on any atom is -0.490 e. The smallest absolute Gasteiger partial charge is 0.122 e. The van der Waals surface area contributed by atoms with Crippen molar-refractivity contribution in [3.05, 3.63) is 29.8 Å². The molecule has 0 unspecified atom stereocenters. The fourth-order valence-corrected chi connectivity index (χ4v) is 1.37. The summed E-state index contributed by atoms with van der Waals surface area (Å²) < 4.78 is 5.60. The maximum absolute atomic E-state index is 9.57. The summed E-state index contributed by atoms with van der Waals surface area (Å²) in [4.78, 5) is 0. The van der Waals surface area contributed by atoms with E-state index >= 15 is 0 Å². The number of rotatable bonds is 5. The number of benzene rings is 1. The molecule has 0 amide bonds. The van der Waals surface area contributed by atoms with Crippen molar-refractivity contribution in [2.45, 2.75) is 39.2 Å². The van der Waals surface area contributed by atoms with E-state index in [0.717, 1.165) is 18.6 Å². The Morgan fingerprint density at radius 2 is 1.93 bits per heavy atom. The zero-order chi connectivity index (χ0) is 11.3. The summed E-state index contributed by atoms with van der Waals surface area (Å²) in [6, 6.07) is 8.00. The van der Waals surface area contributed by atoms with E-state index in [-0.39, 0.29) is 0 Å². The van der Waals surface area contributed by atoms with Crippen LogP contribution in [0.3, 0.4) is 0 Å². The second-order valence-electron chi connectivity index (χ2n) is 4.46. The molecule has 15 heavy (non-hydrogen) atoms. The summed E-state index contributed by atoms with van der Waals surface area (Å²) in [5, 5.41) is 9.57. The molecule has 1 aromatic carbocycles. The second kappa shape index (κ2) is 5.17. The van der Waals surface area contributed by atoms with Crippen LogP contribution in [0.1, 0.15) is 32.8 Å². The van der Waals surface area contributed by atoms with Crippen molar-refractivity contribution >= 4 is 0 Å². The third kappa shape index (κ3) is 4.34. The molecule has 2 nitrogen and oxygen atoms in total. The van der Waals surface area contributed by atoms with Crippen molar-refractivity contribution in [1.29, 1.82) is 0 Å². The Morgan fingerprint density at radius 3 is 2.53 bits per heavy atom. The van der Waals surface area contributed by atoms with Gasteiger partial charge in [0, 0.05) is 0 Å². The van der Waals surface area contributed by atoms with Gasteiger partial charge in [0.15, 0.2) is 0 Å². The molecule has 2 heteroatoms. The normalized spacial score (nSPS) is 11.5. The lowest BCUT2D eigenvalue weighted by molar-refractivity contribution is 0.0281. The van der Waals surface area contributed by atoms with Crippen molar-refractivity contribution in [1.82, 2.24) is 0 Å². The Labute approximate surface area is 91.9 Å². The third-order valence-corrected chi connectivity index (χ3v) is 2.07. The molecule has 0 bridgehead atoms. The monoisotopic (exact) mass is 208 g/mol. The van der Waals surface area contributed by atoms with Gasteiger partial charge in [-0.05, 0) is 31.9 Å². The molecule has 0 radical (unpaired) electrons. The summed E-state index contributed by atoms with van der Waals surface area (Å²) in [7, 11) is 0. The first kappa shape index (κ1) is 12.1. The Bertz CT molecular complexity index is 300. The fraction of sp³-hybridized carbons (Fsp3) is 0.538. The van der Waals surface area contributed by atoms with Crippen LogP contribution in [0.15, 0.2) is 24.3 Å². The van der Waals surface area contributed by atoms with Gasteiger partial charge in [0.05, 0.1) is 5.60 Å². The van der Waals surface area contributed by atoms with Gasteiger partial charge in [0.2, 0.25) is 0 Å². The molecular weight excluding hydrogens is 188 g/mol. The first-order valence-corrected chi connectivity index (χ1v) is 5.46. The van der Waals surface area contributed by atoms with E-state index in [1.54, 1.807) is 13.8 Å². The number of aliphatic hydroxyl groups is 1. The molecule has 0 aromatic heterocycles. The van der Waals surface area contributed by atoms with E-state index in [0.29, 0.717) is 6.61 Å². The Balaban J connectivity index is 2.67. The molecular formula is C13H20O2. The lowest BCUT2D eigenvalue weighted by atomic mass is 10.1. The van der Waals surface area contributed by atoms with E-state index in [2.05, 4.69) is 13.0 Å². The molecule has 0 saturated heterocycles. The molecule has 0 aliphatic heterocycles. The predicted molar refractivity (Wildman–Crippen MR) is 62.2 cm³/mol. The summed E-state index contributed by atoms with van der Waals surface area (Å²) in [5.74, 6) is 0.890. The van der Waals surface area contributed by atoms with Crippen LogP contribution in [0, 0.1) is 0 Å². The van der Waals surface area contributed by atoms with Crippen LogP contribution in [0.5, 0.6) is 5.75 Å². The van der Waals surface area contributed by atoms with Gasteiger partial charge in [-0.3, -0.25) is 0 Å². The highest BCUT2D eigenvalue weighted by Gasteiger charge is 2.14. The maximum atomic E-state index is 9.57. The summed E-state index contributed by atoms with van der Waals surface area (Å²) in [6.45, 7) is 5.96. The van der Waals surface area contributed by atoms with Crippen molar-refractivity contribution in [2.75, 3.05) is 6.61 Å². The largest absolute Gasteiger partial charge is 0.490 e. The van der Waals surface area contributed by atoms with Crippen LogP contribution in [0.2, 0.25) is 0 Å². The van der Waals surface area contributed by atoms with Gasteiger partial charge in [-0.15, -0.1) is 0 Å². The number of hydrogen-bond acceptors (Lipinski definition) is 2. The SMILES string of the molecule is CCCc1ccccc1OCC(C)(C)O. The maximum Gasteiger partial charge on any atom is 0.122 e. The van der Waals surface area contributed by atoms with Crippen LogP contribution in [-0.2, 0) is 6.42 Å². The molecule has 1 rings (SSSR count). The zero-order valence-corrected chi connectivity index (χ0v) is 9.79. The quantitative estimate of drug-likeness (QED) is 0.806. The number of aryl methyl sites for hydroxylation is 1. The van der Waals surface area contributed by atoms with E-state index in [1.165, 1.54) is 5.56 Å². The molecule has 0 heterocycles. The van der Waals surface area contributed by atoms with Crippen molar-refractivity contribution in [3.63, 3.8) is 0 Å². The van der Waals surface area contributed by atoms with Gasteiger partial charge < -0.3 is 9.84 Å². The van der Waals surface area contributed by atoms with Crippen LogP contribution < -0.4 is 4.74 Å². The molecule has 84 valence electrons. The van der Waals surface area contributed by atoms with Crippen LogP contribution in [0.25, 0.3) is 0 Å². The molecule has 1 N–H and O–H groups in total. The third-order valence-electron chi connectivity index (χ3n) is 2.07. The predicted octanol–water partition coefficient (Wildman–Crippen LogP) is 2.79. The van der Waals surface area contributed by atoms with Gasteiger partial charge in [0.25, 0.3) is 0 Å². The molecule has 0 saturated carbocycles. The molecule has 0 spiro atoms. The van der Waals surface area contributed by atoms with E-state index in [9.17, 15) is 5.11 Å². The highest BCUT2D eigenvalue weighted by atomic mass is 16.5. The first-order chi connectivity index (χ1) is 7.03. The van der Waals surface area contributed by atoms with Gasteiger partial charge in [-0.25, -0.2) is 0 Å². The molecule has 0 aliphatic carbocycles. The topological polar surface area (TPSA) is 29.5 Å². The first-order valence-electron chi connectivity index (χ1n) is 5.46. The highest BCUT2D eigenvalue weighted by molar-refractivity contribution is 5.33. The van der Waals surface area contributed by atoms with E-state index in [1.807, 2.05) is 18.2 Å². The van der Waals surface area contributed by atoms with Crippen molar-refractivity contribution in [2.24, 2.45) is 0 Å². The van der Waals surface area contributed by atoms with E-state index in [4.69, 9.17) is 4.74 Å². The highest BCUT2D eigenvalue weighted by Crippen LogP contribution is 2.20. The summed E-state index contributed by atoms with van der Waals surface area (Å²) in [6.07, 6.45) is 2.12. The fourth-order valence-electron chi connectivity index (χ4n) is 1.37. The van der Waals surface area contributed by atoms with Gasteiger partial charge in [-0.2, -0.15) is 0 Å². The standard InChI is InChI=1S/C13H20O2/c1-4-7-11-8-5-6-9-12(11)15-10-13(2,3)14/h5-6,8-9,14H,4,7,10H2,1-3H3. The van der Waals surface area contributed by atoms with Crippen molar-refractivity contribution < 1.29 is 9.84 Å². The van der Waals surface area contributed by atoms with Gasteiger partial charge in [-0.1, -0.05) is 31.5 Å². The molecule has 0 fully saturated rings. The Morgan fingerprint density at radius 1 is 1.27 bits per heavy atom. The second-order valence-corrected chi connectivity index (χ2v) is 4.46. The molecule has 1 aromatic rings. The molecule has 0 atom stereocenters. The number of ether oxygens (including phenoxy) is 1. The number of para-hydroxylation sites is 1. The average molecular weight is 208 g/mol. The van der Waals surface area contributed by atoms with Gasteiger partial charge in [0.1, 0.15) is 12.4 Å². The lowest BCUT2D eigenvalue weighted by Crippen LogP contribution is -2.28. The minimum atomic E-state index is -0.778. The summed E-state index contributed by atoms with van der Waals surface area (Å²) >= 11 is 0. The Kier molecular flexibility index (Phi) is 4.15. The Hall–Kier alpha value is -1.02. The van der Waals surface area contributed by atoms with Crippen molar-refractivity contribution in [3.8, 4) is 5.75 Å². The summed E-state index contributed by atoms with van der Waals surface area (Å²) in [5.41, 5.74) is 0.434. The number of hydrogen-bond donors (Lipinski definition) is 1. The lowest BCUT2D eigenvalue weighted by Gasteiger charge is -2.19. The van der Waals surface area contributed by atoms with Crippen LogP contribution >= 0.6 is 0 Å².